The van der Waals surface area contributed by atoms with Crippen molar-refractivity contribution in [2.75, 3.05) is 5.32 Å². The molecule has 114 valence electrons. The number of hydrogen-bond acceptors (Lipinski definition) is 3. The number of nitrogens with one attached hydrogen (secondary N) is 2. The van der Waals surface area contributed by atoms with E-state index in [1.807, 2.05) is 60.0 Å². The molecule has 3 aromatic rings. The Kier molecular flexibility index (Phi) is 3.67. The second-order valence-electron chi connectivity index (χ2n) is 5.33. The number of carbonyl (C=O) groups excluding carboxylic acids is 1. The molecule has 0 radical (unpaired) electrons. The van der Waals surface area contributed by atoms with Gasteiger partial charge in [-0.15, -0.1) is 11.3 Å². The zero-order valence-electron chi connectivity index (χ0n) is 12.0. The first-order valence-electron chi connectivity index (χ1n) is 7.22. The zero-order valence-corrected chi connectivity index (χ0v) is 14.4. The number of halogens is 1. The van der Waals surface area contributed by atoms with Crippen LogP contribution in [0.5, 0.6) is 0 Å². The van der Waals surface area contributed by atoms with E-state index in [-0.39, 0.29) is 12.1 Å². The van der Waals surface area contributed by atoms with Crippen molar-refractivity contribution < 1.29 is 4.79 Å². The Hall–Kier alpha value is -2.11. The van der Waals surface area contributed by atoms with E-state index < -0.39 is 0 Å². The predicted molar refractivity (Wildman–Crippen MR) is 97.7 cm³/mol. The monoisotopic (exact) mass is 384 g/mol. The molecule has 0 spiro atoms. The Morgan fingerprint density at radius 3 is 2.61 bits per heavy atom. The van der Waals surface area contributed by atoms with Gasteiger partial charge in [0, 0.05) is 15.4 Å². The van der Waals surface area contributed by atoms with Gasteiger partial charge in [0.05, 0.1) is 5.56 Å². The predicted octanol–water partition coefficient (Wildman–Crippen LogP) is 5.03. The van der Waals surface area contributed by atoms with Crippen LogP contribution in [0.15, 0.2) is 64.5 Å². The summed E-state index contributed by atoms with van der Waals surface area (Å²) in [5, 5.41) is 9.43. The lowest BCUT2D eigenvalue weighted by Crippen LogP contribution is -2.37. The van der Waals surface area contributed by atoms with Gasteiger partial charge in [-0.2, -0.15) is 0 Å². The first-order chi connectivity index (χ1) is 11.2. The van der Waals surface area contributed by atoms with Gasteiger partial charge < -0.3 is 10.6 Å². The number of fused-ring (bicyclic) bond motifs is 1. The van der Waals surface area contributed by atoms with Gasteiger partial charge in [0.2, 0.25) is 0 Å². The summed E-state index contributed by atoms with van der Waals surface area (Å²) in [6, 6.07) is 17.9. The van der Waals surface area contributed by atoms with Crippen LogP contribution in [0, 0.1) is 0 Å². The Morgan fingerprint density at radius 1 is 1.00 bits per heavy atom. The van der Waals surface area contributed by atoms with Crippen LogP contribution in [-0.2, 0) is 0 Å². The van der Waals surface area contributed by atoms with Gasteiger partial charge in [-0.25, -0.2) is 0 Å². The molecular formula is C18H13BrN2OS. The third-order valence-electron chi connectivity index (χ3n) is 3.84. The molecule has 1 atom stereocenters. The van der Waals surface area contributed by atoms with Crippen molar-refractivity contribution in [3.8, 4) is 11.1 Å². The molecule has 0 aliphatic carbocycles. The van der Waals surface area contributed by atoms with Crippen LogP contribution in [0.4, 0.5) is 5.00 Å². The normalized spacial score (nSPS) is 16.4. The number of thiophene rings is 1. The summed E-state index contributed by atoms with van der Waals surface area (Å²) in [4.78, 5) is 12.7. The minimum Gasteiger partial charge on any atom is -0.353 e. The number of benzene rings is 2. The molecule has 4 rings (SSSR count). The van der Waals surface area contributed by atoms with Crippen molar-refractivity contribution in [2.45, 2.75) is 6.17 Å². The summed E-state index contributed by atoms with van der Waals surface area (Å²) in [5.74, 6) is -0.0381. The highest BCUT2D eigenvalue weighted by atomic mass is 79.9. The van der Waals surface area contributed by atoms with Gasteiger partial charge >= 0.3 is 0 Å². The van der Waals surface area contributed by atoms with Crippen molar-refractivity contribution in [1.82, 2.24) is 5.32 Å². The van der Waals surface area contributed by atoms with Crippen LogP contribution >= 0.6 is 27.3 Å². The maximum Gasteiger partial charge on any atom is 0.256 e. The molecule has 0 saturated heterocycles. The molecule has 2 N–H and O–H groups in total. The number of hydrogen-bond donors (Lipinski definition) is 2. The molecule has 1 aliphatic heterocycles. The molecule has 5 heteroatoms. The molecule has 23 heavy (non-hydrogen) atoms. The lowest BCUT2D eigenvalue weighted by atomic mass is 10.0. The molecular weight excluding hydrogens is 372 g/mol. The molecule has 1 aromatic heterocycles. The van der Waals surface area contributed by atoms with Gasteiger partial charge in [0.1, 0.15) is 11.2 Å². The summed E-state index contributed by atoms with van der Waals surface area (Å²) in [6.07, 6.45) is -0.213. The van der Waals surface area contributed by atoms with Gasteiger partial charge in [-0.1, -0.05) is 58.4 Å². The first kappa shape index (κ1) is 14.5. The summed E-state index contributed by atoms with van der Waals surface area (Å²) in [6.45, 7) is 0. The third kappa shape index (κ3) is 2.66. The Bertz CT molecular complexity index is 876. The topological polar surface area (TPSA) is 41.1 Å². The van der Waals surface area contributed by atoms with Crippen molar-refractivity contribution >= 4 is 38.2 Å². The second kappa shape index (κ2) is 5.83. The zero-order chi connectivity index (χ0) is 15.8. The van der Waals surface area contributed by atoms with E-state index in [1.165, 1.54) is 0 Å². The Balaban J connectivity index is 1.72. The van der Waals surface area contributed by atoms with E-state index in [1.54, 1.807) is 11.3 Å². The lowest BCUT2D eigenvalue weighted by Gasteiger charge is -2.26. The smallest absolute Gasteiger partial charge is 0.256 e. The van der Waals surface area contributed by atoms with Crippen LogP contribution in [0.25, 0.3) is 11.1 Å². The van der Waals surface area contributed by atoms with Crippen molar-refractivity contribution in [3.63, 3.8) is 0 Å². The van der Waals surface area contributed by atoms with E-state index >= 15 is 0 Å². The average molecular weight is 385 g/mol. The standard InChI is InChI=1S/C18H13BrN2OS/c19-13-8-4-7-12(9-13)16-20-17(22)15-14(10-23-18(15)21-16)11-5-2-1-3-6-11/h1-10,16,21H,(H,20,22)/t16-/m0/s1. The number of anilines is 1. The van der Waals surface area contributed by atoms with Gasteiger partial charge in [-0.05, 0) is 23.3 Å². The molecule has 3 nitrogen and oxygen atoms in total. The number of rotatable bonds is 2. The largest absolute Gasteiger partial charge is 0.353 e. The van der Waals surface area contributed by atoms with Gasteiger partial charge in [0.25, 0.3) is 5.91 Å². The average Bonchev–Trinajstić information content (AvgIpc) is 3.00. The van der Waals surface area contributed by atoms with Crippen molar-refractivity contribution in [1.29, 1.82) is 0 Å². The van der Waals surface area contributed by atoms with Crippen LogP contribution in [0.3, 0.4) is 0 Å². The molecule has 2 heterocycles. The van der Waals surface area contributed by atoms with Crippen LogP contribution in [0.1, 0.15) is 22.1 Å². The van der Waals surface area contributed by atoms with E-state index in [0.29, 0.717) is 0 Å². The van der Waals surface area contributed by atoms with Crippen LogP contribution in [-0.4, -0.2) is 5.91 Å². The van der Waals surface area contributed by atoms with Crippen LogP contribution in [0.2, 0.25) is 0 Å². The highest BCUT2D eigenvalue weighted by Crippen LogP contribution is 2.39. The molecule has 0 bridgehead atoms. The number of amides is 1. The summed E-state index contributed by atoms with van der Waals surface area (Å²) in [5.41, 5.74) is 3.78. The molecule has 0 fully saturated rings. The fourth-order valence-electron chi connectivity index (χ4n) is 2.74. The second-order valence-corrected chi connectivity index (χ2v) is 7.12. The summed E-state index contributed by atoms with van der Waals surface area (Å²) >= 11 is 5.04. The van der Waals surface area contributed by atoms with Crippen molar-refractivity contribution in [2.24, 2.45) is 0 Å². The highest BCUT2D eigenvalue weighted by Gasteiger charge is 2.29. The SMILES string of the molecule is O=C1N[C@H](c2cccc(Br)c2)Nc2scc(-c3ccccc3)c21. The fraction of sp³-hybridized carbons (Fsp3) is 0.0556. The van der Waals surface area contributed by atoms with E-state index in [2.05, 4.69) is 26.6 Å². The van der Waals surface area contributed by atoms with Gasteiger partial charge in [0.15, 0.2) is 0 Å². The fourth-order valence-corrected chi connectivity index (χ4v) is 4.16. The molecule has 2 aromatic carbocycles. The third-order valence-corrected chi connectivity index (χ3v) is 5.24. The molecule has 1 aliphatic rings. The maximum atomic E-state index is 12.7. The summed E-state index contributed by atoms with van der Waals surface area (Å²) < 4.78 is 0.994. The first-order valence-corrected chi connectivity index (χ1v) is 8.89. The summed E-state index contributed by atoms with van der Waals surface area (Å²) in [7, 11) is 0. The molecule has 0 saturated carbocycles. The van der Waals surface area contributed by atoms with Crippen molar-refractivity contribution in [3.05, 3.63) is 75.6 Å². The van der Waals surface area contributed by atoms with E-state index in [4.69, 9.17) is 0 Å². The van der Waals surface area contributed by atoms with Crippen LogP contribution < -0.4 is 10.6 Å². The van der Waals surface area contributed by atoms with Gasteiger partial charge in [-0.3, -0.25) is 4.79 Å². The minimum atomic E-state index is -0.213. The highest BCUT2D eigenvalue weighted by molar-refractivity contribution is 9.10. The number of carbonyl (C=O) groups is 1. The quantitative estimate of drug-likeness (QED) is 0.650. The van der Waals surface area contributed by atoms with E-state index in [9.17, 15) is 4.79 Å². The lowest BCUT2D eigenvalue weighted by molar-refractivity contribution is 0.0937. The Labute approximate surface area is 146 Å². The molecule has 0 unspecified atom stereocenters. The molecule has 1 amide bonds. The minimum absolute atomic E-state index is 0.0381. The Morgan fingerprint density at radius 2 is 1.83 bits per heavy atom. The van der Waals surface area contributed by atoms with E-state index in [0.717, 1.165) is 31.7 Å². The maximum absolute atomic E-state index is 12.7.